The van der Waals surface area contributed by atoms with Crippen molar-refractivity contribution in [2.45, 2.75) is 37.4 Å². The molecule has 1 rings (SSSR count). The SMILES string of the molecule is C=CCNC1(C(=O)OC)CCCC(C(F)(F)F)C1. The van der Waals surface area contributed by atoms with Crippen LogP contribution in [0, 0.1) is 5.92 Å². The van der Waals surface area contributed by atoms with E-state index < -0.39 is 23.6 Å². The summed E-state index contributed by atoms with van der Waals surface area (Å²) < 4.78 is 43.0. The molecular weight excluding hydrogens is 247 g/mol. The Hall–Kier alpha value is -1.04. The molecule has 18 heavy (non-hydrogen) atoms. The van der Waals surface area contributed by atoms with Crippen LogP contribution in [0.15, 0.2) is 12.7 Å². The summed E-state index contributed by atoms with van der Waals surface area (Å²) in [6.45, 7) is 3.77. The fraction of sp³-hybridized carbons (Fsp3) is 0.750. The summed E-state index contributed by atoms with van der Waals surface area (Å²) in [5.41, 5.74) is -1.23. The van der Waals surface area contributed by atoms with Crippen LogP contribution in [0.2, 0.25) is 0 Å². The number of methoxy groups -OCH3 is 1. The molecule has 0 saturated heterocycles. The molecule has 0 heterocycles. The van der Waals surface area contributed by atoms with Crippen LogP contribution in [0.4, 0.5) is 13.2 Å². The van der Waals surface area contributed by atoms with Crippen LogP contribution in [0.5, 0.6) is 0 Å². The molecule has 104 valence electrons. The Morgan fingerprint density at radius 2 is 2.28 bits per heavy atom. The number of alkyl halides is 3. The van der Waals surface area contributed by atoms with Gasteiger partial charge in [-0.15, -0.1) is 6.58 Å². The summed E-state index contributed by atoms with van der Waals surface area (Å²) in [4.78, 5) is 11.8. The summed E-state index contributed by atoms with van der Waals surface area (Å²) >= 11 is 0. The van der Waals surface area contributed by atoms with Gasteiger partial charge in [0.1, 0.15) is 5.54 Å². The summed E-state index contributed by atoms with van der Waals surface area (Å²) in [7, 11) is 1.19. The summed E-state index contributed by atoms with van der Waals surface area (Å²) in [6.07, 6.45) is -2.24. The molecule has 1 aliphatic rings. The van der Waals surface area contributed by atoms with Crippen LogP contribution < -0.4 is 5.32 Å². The molecule has 1 N–H and O–H groups in total. The largest absolute Gasteiger partial charge is 0.468 e. The lowest BCUT2D eigenvalue weighted by Crippen LogP contribution is -2.56. The van der Waals surface area contributed by atoms with Crippen molar-refractivity contribution in [2.24, 2.45) is 5.92 Å². The van der Waals surface area contributed by atoms with Crippen molar-refractivity contribution in [3.8, 4) is 0 Å². The quantitative estimate of drug-likeness (QED) is 0.626. The van der Waals surface area contributed by atoms with Gasteiger partial charge >= 0.3 is 12.1 Å². The molecule has 0 radical (unpaired) electrons. The predicted octanol–water partition coefficient (Wildman–Crippen LogP) is 2.43. The Morgan fingerprint density at radius 1 is 1.61 bits per heavy atom. The third kappa shape index (κ3) is 3.25. The van der Waals surface area contributed by atoms with Gasteiger partial charge in [-0.3, -0.25) is 10.1 Å². The van der Waals surface area contributed by atoms with Crippen molar-refractivity contribution >= 4 is 5.97 Å². The van der Waals surface area contributed by atoms with E-state index in [1.165, 1.54) is 13.2 Å². The number of hydrogen-bond acceptors (Lipinski definition) is 3. The average molecular weight is 265 g/mol. The lowest BCUT2D eigenvalue weighted by molar-refractivity contribution is -0.192. The van der Waals surface area contributed by atoms with Crippen LogP contribution >= 0.6 is 0 Å². The molecule has 2 unspecified atom stereocenters. The molecule has 1 aliphatic carbocycles. The summed E-state index contributed by atoms with van der Waals surface area (Å²) in [5.74, 6) is -2.08. The summed E-state index contributed by atoms with van der Waals surface area (Å²) in [5, 5.41) is 2.84. The predicted molar refractivity (Wildman–Crippen MR) is 61.0 cm³/mol. The number of carbonyl (C=O) groups excluding carboxylic acids is 1. The van der Waals surface area contributed by atoms with Gasteiger partial charge in [0.05, 0.1) is 13.0 Å². The van der Waals surface area contributed by atoms with Crippen molar-refractivity contribution in [1.82, 2.24) is 5.32 Å². The minimum Gasteiger partial charge on any atom is -0.468 e. The number of ether oxygens (including phenoxy) is 1. The molecule has 2 atom stereocenters. The van der Waals surface area contributed by atoms with E-state index in [4.69, 9.17) is 0 Å². The molecule has 1 saturated carbocycles. The maximum Gasteiger partial charge on any atom is 0.391 e. The number of nitrogens with one attached hydrogen (secondary N) is 1. The van der Waals surface area contributed by atoms with Crippen LogP contribution in [0.3, 0.4) is 0 Å². The number of carbonyl (C=O) groups is 1. The maximum absolute atomic E-state index is 12.8. The molecule has 6 heteroatoms. The van der Waals surface area contributed by atoms with Gasteiger partial charge in [-0.1, -0.05) is 12.5 Å². The van der Waals surface area contributed by atoms with Crippen LogP contribution in [0.1, 0.15) is 25.7 Å². The molecule has 0 spiro atoms. The van der Waals surface area contributed by atoms with Crippen molar-refractivity contribution in [2.75, 3.05) is 13.7 Å². The first kappa shape index (κ1) is 15.0. The zero-order chi connectivity index (χ0) is 13.8. The Morgan fingerprint density at radius 3 is 2.78 bits per heavy atom. The van der Waals surface area contributed by atoms with E-state index in [2.05, 4.69) is 16.6 Å². The standard InChI is InChI=1S/C12H18F3NO2/c1-3-7-16-11(10(17)18-2)6-4-5-9(8-11)12(13,14)15/h3,9,16H,1,4-8H2,2H3. The first-order chi connectivity index (χ1) is 8.35. The van der Waals surface area contributed by atoms with E-state index in [1.54, 1.807) is 0 Å². The highest BCUT2D eigenvalue weighted by Gasteiger charge is 2.51. The van der Waals surface area contributed by atoms with Crippen LogP contribution in [-0.2, 0) is 9.53 Å². The van der Waals surface area contributed by atoms with Crippen LogP contribution in [0.25, 0.3) is 0 Å². The normalized spacial score (nSPS) is 28.8. The second kappa shape index (κ2) is 5.73. The molecular formula is C12H18F3NO2. The van der Waals surface area contributed by atoms with Gasteiger partial charge in [0, 0.05) is 6.54 Å². The molecule has 1 fully saturated rings. The van der Waals surface area contributed by atoms with E-state index in [9.17, 15) is 18.0 Å². The van der Waals surface area contributed by atoms with Crippen molar-refractivity contribution in [3.63, 3.8) is 0 Å². The molecule has 0 aromatic carbocycles. The highest BCUT2D eigenvalue weighted by molar-refractivity contribution is 5.81. The van der Waals surface area contributed by atoms with E-state index in [0.29, 0.717) is 12.8 Å². The first-order valence-electron chi connectivity index (χ1n) is 5.87. The van der Waals surface area contributed by atoms with Gasteiger partial charge in [0.25, 0.3) is 0 Å². The lowest BCUT2D eigenvalue weighted by atomic mass is 9.75. The highest BCUT2D eigenvalue weighted by Crippen LogP contribution is 2.42. The number of rotatable bonds is 4. The zero-order valence-corrected chi connectivity index (χ0v) is 10.3. The monoisotopic (exact) mass is 265 g/mol. The third-order valence-electron chi connectivity index (χ3n) is 3.37. The molecule has 0 amide bonds. The van der Waals surface area contributed by atoms with Gasteiger partial charge in [0.2, 0.25) is 0 Å². The Kier molecular flexibility index (Phi) is 4.78. The average Bonchev–Trinajstić information content (AvgIpc) is 2.34. The van der Waals surface area contributed by atoms with Gasteiger partial charge in [-0.05, 0) is 19.3 Å². The molecule has 3 nitrogen and oxygen atoms in total. The second-order valence-corrected chi connectivity index (χ2v) is 4.58. The topological polar surface area (TPSA) is 38.3 Å². The Balaban J connectivity index is 2.89. The van der Waals surface area contributed by atoms with Gasteiger partial charge in [0.15, 0.2) is 0 Å². The van der Waals surface area contributed by atoms with E-state index in [0.717, 1.165) is 0 Å². The highest BCUT2D eigenvalue weighted by atomic mass is 19.4. The molecule has 0 aromatic heterocycles. The number of halogens is 3. The Bertz CT molecular complexity index is 317. The van der Waals surface area contributed by atoms with Crippen molar-refractivity contribution in [3.05, 3.63) is 12.7 Å². The second-order valence-electron chi connectivity index (χ2n) is 4.58. The fourth-order valence-corrected chi connectivity index (χ4v) is 2.44. The van der Waals surface area contributed by atoms with Crippen molar-refractivity contribution in [1.29, 1.82) is 0 Å². The lowest BCUT2D eigenvalue weighted by Gasteiger charge is -2.39. The van der Waals surface area contributed by atoms with Gasteiger partial charge in [-0.25, -0.2) is 0 Å². The van der Waals surface area contributed by atoms with Gasteiger partial charge in [-0.2, -0.15) is 13.2 Å². The van der Waals surface area contributed by atoms with E-state index >= 15 is 0 Å². The smallest absolute Gasteiger partial charge is 0.391 e. The number of hydrogen-bond donors (Lipinski definition) is 1. The summed E-state index contributed by atoms with van der Waals surface area (Å²) in [6, 6.07) is 0. The van der Waals surface area contributed by atoms with Crippen molar-refractivity contribution < 1.29 is 22.7 Å². The maximum atomic E-state index is 12.8. The Labute approximate surface area is 104 Å². The zero-order valence-electron chi connectivity index (χ0n) is 10.3. The fourth-order valence-electron chi connectivity index (χ4n) is 2.44. The number of esters is 1. The molecule has 0 aromatic rings. The molecule has 0 bridgehead atoms. The molecule has 0 aliphatic heterocycles. The van der Waals surface area contributed by atoms with E-state index in [1.807, 2.05) is 0 Å². The van der Waals surface area contributed by atoms with Gasteiger partial charge < -0.3 is 4.74 Å². The van der Waals surface area contributed by atoms with Crippen LogP contribution in [-0.4, -0.2) is 31.3 Å². The minimum atomic E-state index is -4.27. The third-order valence-corrected chi connectivity index (χ3v) is 3.37. The van der Waals surface area contributed by atoms with E-state index in [-0.39, 0.29) is 19.4 Å². The first-order valence-corrected chi connectivity index (χ1v) is 5.87. The minimum absolute atomic E-state index is 0.0675.